The molecule has 0 unspecified atom stereocenters. The second-order valence-corrected chi connectivity index (χ2v) is 4.52. The summed E-state index contributed by atoms with van der Waals surface area (Å²) in [5.74, 6) is -0.888. The number of hydrogen-bond donors (Lipinski definition) is 2. The van der Waals surface area contributed by atoms with Crippen LogP contribution < -0.4 is 0 Å². The van der Waals surface area contributed by atoms with E-state index in [9.17, 15) is 9.90 Å². The molecule has 94 valence electrons. The minimum absolute atomic E-state index is 0.0112. The lowest BCUT2D eigenvalue weighted by Gasteiger charge is -2.08. The number of carboxylic acid groups (broad SMARTS) is 1. The molecule has 0 bridgehead atoms. The topological polar surface area (TPSA) is 75.3 Å². The maximum Gasteiger partial charge on any atom is 0.356 e. The van der Waals surface area contributed by atoms with Gasteiger partial charge in [-0.2, -0.15) is 5.10 Å². The fourth-order valence-electron chi connectivity index (χ4n) is 1.76. The Bertz CT molecular complexity index is 607. The first-order valence-corrected chi connectivity index (χ1v) is 6.40. The Morgan fingerprint density at radius 2 is 2.17 bits per heavy atom. The second-order valence-electron chi connectivity index (χ2n) is 3.70. The number of phenols is 1. The first-order valence-electron chi connectivity index (χ1n) is 5.18. The van der Waals surface area contributed by atoms with Gasteiger partial charge in [0.1, 0.15) is 5.75 Å². The van der Waals surface area contributed by atoms with Gasteiger partial charge in [-0.3, -0.25) is 4.68 Å². The Kier molecular flexibility index (Phi) is 3.29. The van der Waals surface area contributed by atoms with Crippen LogP contribution in [0.1, 0.15) is 10.5 Å². The molecule has 5 nitrogen and oxygen atoms in total. The zero-order chi connectivity index (χ0) is 13.3. The number of aryl methyl sites for hydroxylation is 1. The predicted octanol–water partition coefficient (Wildman–Crippen LogP) is 2.21. The first-order chi connectivity index (χ1) is 8.54. The molecule has 0 amide bonds. The average Bonchev–Trinajstić information content (AvgIpc) is 2.71. The molecule has 0 aliphatic heterocycles. The Morgan fingerprint density at radius 3 is 2.72 bits per heavy atom. The van der Waals surface area contributed by atoms with Crippen LogP contribution in [0.4, 0.5) is 0 Å². The number of aromatic hydroxyl groups is 1. The van der Waals surface area contributed by atoms with Gasteiger partial charge in [0.2, 0.25) is 0 Å². The summed E-state index contributed by atoms with van der Waals surface area (Å²) in [5, 5.41) is 22.6. The standard InChI is InChI=1S/C12H12N2O3S/c1-14-9(6-8(13-14)12(16)17)7-4-3-5-10(15)11(7)18-2/h3-6,15H,1-2H3,(H,16,17). The van der Waals surface area contributed by atoms with Crippen LogP contribution in [0.5, 0.6) is 5.75 Å². The number of nitrogens with zero attached hydrogens (tertiary/aromatic N) is 2. The van der Waals surface area contributed by atoms with E-state index in [1.807, 2.05) is 12.3 Å². The van der Waals surface area contributed by atoms with Crippen molar-refractivity contribution in [2.24, 2.45) is 7.05 Å². The van der Waals surface area contributed by atoms with E-state index in [4.69, 9.17) is 5.11 Å². The molecule has 0 saturated carbocycles. The van der Waals surface area contributed by atoms with Crippen LogP contribution in [0, 0.1) is 0 Å². The number of hydrogen-bond acceptors (Lipinski definition) is 4. The van der Waals surface area contributed by atoms with Crippen molar-refractivity contribution < 1.29 is 15.0 Å². The monoisotopic (exact) mass is 264 g/mol. The fourth-order valence-corrected chi connectivity index (χ4v) is 2.43. The molecule has 0 aliphatic rings. The Hall–Kier alpha value is -1.95. The van der Waals surface area contributed by atoms with Crippen molar-refractivity contribution in [1.29, 1.82) is 0 Å². The maximum absolute atomic E-state index is 10.9. The number of benzene rings is 1. The Labute approximate surface area is 108 Å². The molecule has 2 aromatic rings. The molecule has 1 aromatic carbocycles. The average molecular weight is 264 g/mol. The summed E-state index contributed by atoms with van der Waals surface area (Å²) in [7, 11) is 1.68. The summed E-state index contributed by atoms with van der Waals surface area (Å²) in [6.07, 6.45) is 1.85. The highest BCUT2D eigenvalue weighted by molar-refractivity contribution is 7.98. The van der Waals surface area contributed by atoms with Gasteiger partial charge in [-0.05, 0) is 18.4 Å². The van der Waals surface area contributed by atoms with Crippen LogP contribution in [0.15, 0.2) is 29.2 Å². The number of aromatic nitrogens is 2. The lowest BCUT2D eigenvalue weighted by atomic mass is 10.1. The van der Waals surface area contributed by atoms with Crippen LogP contribution >= 0.6 is 11.8 Å². The van der Waals surface area contributed by atoms with E-state index in [1.165, 1.54) is 22.5 Å². The molecule has 0 aliphatic carbocycles. The second kappa shape index (κ2) is 4.73. The largest absolute Gasteiger partial charge is 0.507 e. The van der Waals surface area contributed by atoms with Gasteiger partial charge in [0.05, 0.1) is 10.6 Å². The number of carboxylic acids is 1. The van der Waals surface area contributed by atoms with Gasteiger partial charge >= 0.3 is 5.97 Å². The van der Waals surface area contributed by atoms with E-state index in [0.717, 1.165) is 5.56 Å². The predicted molar refractivity (Wildman–Crippen MR) is 69.0 cm³/mol. The zero-order valence-corrected chi connectivity index (χ0v) is 10.7. The molecule has 2 rings (SSSR count). The van der Waals surface area contributed by atoms with Gasteiger partial charge in [0.25, 0.3) is 0 Å². The van der Waals surface area contributed by atoms with Crippen LogP contribution in [0.3, 0.4) is 0 Å². The lowest BCUT2D eigenvalue weighted by Crippen LogP contribution is -1.99. The third kappa shape index (κ3) is 2.06. The molecule has 2 N–H and O–H groups in total. The summed E-state index contributed by atoms with van der Waals surface area (Å²) in [5.41, 5.74) is 1.42. The van der Waals surface area contributed by atoms with Gasteiger partial charge in [-0.1, -0.05) is 12.1 Å². The van der Waals surface area contributed by atoms with Gasteiger partial charge < -0.3 is 10.2 Å². The van der Waals surface area contributed by atoms with Crippen molar-refractivity contribution in [1.82, 2.24) is 9.78 Å². The SMILES string of the molecule is CSc1c(O)cccc1-c1cc(C(=O)O)nn1C. The van der Waals surface area contributed by atoms with Crippen LogP contribution in [-0.4, -0.2) is 32.2 Å². The molecule has 0 radical (unpaired) electrons. The van der Waals surface area contributed by atoms with Crippen molar-refractivity contribution in [3.05, 3.63) is 30.0 Å². The third-order valence-electron chi connectivity index (χ3n) is 2.57. The highest BCUT2D eigenvalue weighted by Gasteiger charge is 2.16. The summed E-state index contributed by atoms with van der Waals surface area (Å²) in [6.45, 7) is 0. The van der Waals surface area contributed by atoms with Crippen LogP contribution in [0.25, 0.3) is 11.3 Å². The molecule has 0 spiro atoms. The number of carbonyl (C=O) groups is 1. The summed E-state index contributed by atoms with van der Waals surface area (Å²) in [6, 6.07) is 6.65. The Morgan fingerprint density at radius 1 is 1.44 bits per heavy atom. The molecule has 1 heterocycles. The molecular weight excluding hydrogens is 252 g/mol. The number of rotatable bonds is 3. The normalized spacial score (nSPS) is 10.6. The first kappa shape index (κ1) is 12.5. The summed E-state index contributed by atoms with van der Waals surface area (Å²) >= 11 is 1.40. The number of aromatic carboxylic acids is 1. The third-order valence-corrected chi connectivity index (χ3v) is 3.41. The molecule has 0 atom stereocenters. The number of thioether (sulfide) groups is 1. The minimum Gasteiger partial charge on any atom is -0.507 e. The Balaban J connectivity index is 2.62. The maximum atomic E-state index is 10.9. The van der Waals surface area contributed by atoms with Gasteiger partial charge in [0, 0.05) is 12.6 Å². The molecule has 18 heavy (non-hydrogen) atoms. The quantitative estimate of drug-likeness (QED) is 0.831. The van der Waals surface area contributed by atoms with E-state index in [2.05, 4.69) is 5.10 Å². The van der Waals surface area contributed by atoms with Crippen molar-refractivity contribution in [2.45, 2.75) is 4.90 Å². The molecule has 0 fully saturated rings. The molecule has 1 aromatic heterocycles. The van der Waals surface area contributed by atoms with E-state index < -0.39 is 5.97 Å². The lowest BCUT2D eigenvalue weighted by molar-refractivity contribution is 0.0689. The summed E-state index contributed by atoms with van der Waals surface area (Å²) < 4.78 is 1.50. The smallest absolute Gasteiger partial charge is 0.356 e. The van der Waals surface area contributed by atoms with E-state index >= 15 is 0 Å². The fraction of sp³-hybridized carbons (Fsp3) is 0.167. The van der Waals surface area contributed by atoms with E-state index in [1.54, 1.807) is 19.2 Å². The van der Waals surface area contributed by atoms with E-state index in [0.29, 0.717) is 10.6 Å². The molecule has 0 saturated heterocycles. The van der Waals surface area contributed by atoms with Crippen molar-refractivity contribution in [2.75, 3.05) is 6.26 Å². The highest BCUT2D eigenvalue weighted by atomic mass is 32.2. The van der Waals surface area contributed by atoms with Gasteiger partial charge in [-0.15, -0.1) is 11.8 Å². The molecular formula is C12H12N2O3S. The van der Waals surface area contributed by atoms with Crippen molar-refractivity contribution >= 4 is 17.7 Å². The number of phenolic OH excluding ortho intramolecular Hbond substituents is 1. The summed E-state index contributed by atoms with van der Waals surface area (Å²) in [4.78, 5) is 11.6. The highest BCUT2D eigenvalue weighted by Crippen LogP contribution is 2.36. The van der Waals surface area contributed by atoms with Crippen molar-refractivity contribution in [3.63, 3.8) is 0 Å². The van der Waals surface area contributed by atoms with Gasteiger partial charge in [-0.25, -0.2) is 4.79 Å². The van der Waals surface area contributed by atoms with Crippen molar-refractivity contribution in [3.8, 4) is 17.0 Å². The zero-order valence-electron chi connectivity index (χ0n) is 9.91. The van der Waals surface area contributed by atoms with Crippen LogP contribution in [-0.2, 0) is 7.05 Å². The van der Waals surface area contributed by atoms with E-state index in [-0.39, 0.29) is 11.4 Å². The minimum atomic E-state index is -1.07. The molecule has 6 heteroatoms. The van der Waals surface area contributed by atoms with Gasteiger partial charge in [0.15, 0.2) is 5.69 Å². The van der Waals surface area contributed by atoms with Crippen LogP contribution in [0.2, 0.25) is 0 Å².